The summed E-state index contributed by atoms with van der Waals surface area (Å²) in [5.41, 5.74) is 0.167. The van der Waals surface area contributed by atoms with Crippen molar-refractivity contribution in [2.45, 2.75) is 38.5 Å². The average molecular weight is 286 g/mol. The molecule has 0 amide bonds. The van der Waals surface area contributed by atoms with Gasteiger partial charge >= 0.3 is 6.18 Å². The van der Waals surface area contributed by atoms with Gasteiger partial charge in [0.25, 0.3) is 0 Å². The molecule has 1 aliphatic heterocycles. The van der Waals surface area contributed by atoms with Crippen LogP contribution in [0.15, 0.2) is 24.3 Å². The number of halogens is 3. The van der Waals surface area contributed by atoms with Gasteiger partial charge in [-0.1, -0.05) is 25.1 Å². The van der Waals surface area contributed by atoms with E-state index in [4.69, 9.17) is 0 Å². The van der Waals surface area contributed by atoms with Gasteiger partial charge in [0.1, 0.15) is 0 Å². The fraction of sp³-hybridized carbons (Fsp3) is 0.600. The quantitative estimate of drug-likeness (QED) is 0.914. The van der Waals surface area contributed by atoms with Crippen LogP contribution in [0.5, 0.6) is 0 Å². The Bertz CT molecular complexity index is 425. The first-order valence-corrected chi connectivity index (χ1v) is 7.11. The number of nitrogens with one attached hydrogen (secondary N) is 1. The number of piperidine rings is 1. The summed E-state index contributed by atoms with van der Waals surface area (Å²) in [5, 5.41) is 3.35. The SMILES string of the molecule is CCN(Cc1cccc(C(F)(F)F)c1)C1CCCNC1. The van der Waals surface area contributed by atoms with Gasteiger partial charge in [-0.05, 0) is 37.6 Å². The minimum absolute atomic E-state index is 0.420. The summed E-state index contributed by atoms with van der Waals surface area (Å²) in [6, 6.07) is 6.07. The van der Waals surface area contributed by atoms with Crippen LogP contribution in [0.1, 0.15) is 30.9 Å². The molecule has 1 aromatic rings. The predicted octanol–water partition coefficient (Wildman–Crippen LogP) is 3.28. The van der Waals surface area contributed by atoms with Crippen molar-refractivity contribution in [3.63, 3.8) is 0 Å². The van der Waals surface area contributed by atoms with Gasteiger partial charge in [-0.2, -0.15) is 13.2 Å². The van der Waals surface area contributed by atoms with Crippen LogP contribution in [0.25, 0.3) is 0 Å². The van der Waals surface area contributed by atoms with Crippen LogP contribution in [0.2, 0.25) is 0 Å². The zero-order valence-corrected chi connectivity index (χ0v) is 11.7. The van der Waals surface area contributed by atoms with Crippen molar-refractivity contribution in [2.24, 2.45) is 0 Å². The molecule has 0 aliphatic carbocycles. The van der Waals surface area contributed by atoms with Crippen molar-refractivity contribution in [1.82, 2.24) is 10.2 Å². The van der Waals surface area contributed by atoms with Gasteiger partial charge in [-0.3, -0.25) is 4.90 Å². The third-order valence-corrected chi connectivity index (χ3v) is 3.83. The average Bonchev–Trinajstić information content (AvgIpc) is 2.45. The normalized spacial score (nSPS) is 20.4. The second-order valence-electron chi connectivity index (χ2n) is 5.26. The molecular weight excluding hydrogens is 265 g/mol. The third kappa shape index (κ3) is 3.96. The third-order valence-electron chi connectivity index (χ3n) is 3.83. The van der Waals surface area contributed by atoms with E-state index in [0.717, 1.165) is 44.1 Å². The summed E-state index contributed by atoms with van der Waals surface area (Å²) in [7, 11) is 0. The van der Waals surface area contributed by atoms with Crippen LogP contribution in [0.4, 0.5) is 13.2 Å². The van der Waals surface area contributed by atoms with Crippen LogP contribution in [0.3, 0.4) is 0 Å². The van der Waals surface area contributed by atoms with E-state index in [9.17, 15) is 13.2 Å². The molecule has 2 rings (SSSR count). The molecule has 1 unspecified atom stereocenters. The van der Waals surface area contributed by atoms with Crippen LogP contribution in [0, 0.1) is 0 Å². The second kappa shape index (κ2) is 6.59. The lowest BCUT2D eigenvalue weighted by Gasteiger charge is -2.34. The molecule has 0 aromatic heterocycles. The molecule has 5 heteroatoms. The molecule has 112 valence electrons. The highest BCUT2D eigenvalue weighted by molar-refractivity contribution is 5.25. The molecule has 0 bridgehead atoms. The Hall–Kier alpha value is -1.07. The Morgan fingerprint density at radius 1 is 1.35 bits per heavy atom. The first-order chi connectivity index (χ1) is 9.50. The number of likely N-dealkylation sites (N-methyl/N-ethyl adjacent to an activating group) is 1. The second-order valence-corrected chi connectivity index (χ2v) is 5.26. The number of hydrogen-bond donors (Lipinski definition) is 1. The van der Waals surface area contributed by atoms with Crippen LogP contribution >= 0.6 is 0 Å². The molecule has 1 atom stereocenters. The van der Waals surface area contributed by atoms with Gasteiger partial charge in [-0.15, -0.1) is 0 Å². The molecule has 0 saturated carbocycles. The molecule has 0 spiro atoms. The maximum absolute atomic E-state index is 12.7. The maximum Gasteiger partial charge on any atom is 0.416 e. The van der Waals surface area contributed by atoms with Crippen molar-refractivity contribution in [1.29, 1.82) is 0 Å². The summed E-state index contributed by atoms with van der Waals surface area (Å²) >= 11 is 0. The molecule has 1 saturated heterocycles. The highest BCUT2D eigenvalue weighted by Crippen LogP contribution is 2.30. The smallest absolute Gasteiger partial charge is 0.315 e. The van der Waals surface area contributed by atoms with E-state index in [1.165, 1.54) is 12.1 Å². The van der Waals surface area contributed by atoms with Crippen molar-refractivity contribution < 1.29 is 13.2 Å². The fourth-order valence-electron chi connectivity index (χ4n) is 2.72. The van der Waals surface area contributed by atoms with E-state index in [1.807, 2.05) is 0 Å². The summed E-state index contributed by atoms with van der Waals surface area (Å²) in [4.78, 5) is 2.25. The van der Waals surface area contributed by atoms with Crippen molar-refractivity contribution in [2.75, 3.05) is 19.6 Å². The minimum Gasteiger partial charge on any atom is -0.315 e. The molecule has 1 aromatic carbocycles. The zero-order chi connectivity index (χ0) is 14.6. The van der Waals surface area contributed by atoms with Crippen molar-refractivity contribution in [3.05, 3.63) is 35.4 Å². The van der Waals surface area contributed by atoms with E-state index in [-0.39, 0.29) is 0 Å². The van der Waals surface area contributed by atoms with E-state index in [0.29, 0.717) is 12.6 Å². The summed E-state index contributed by atoms with van der Waals surface area (Å²) < 4.78 is 38.2. The Labute approximate surface area is 118 Å². The lowest BCUT2D eigenvalue weighted by atomic mass is 10.0. The van der Waals surface area contributed by atoms with Crippen LogP contribution in [-0.4, -0.2) is 30.6 Å². The number of hydrogen-bond acceptors (Lipinski definition) is 2. The maximum atomic E-state index is 12.7. The first kappa shape index (κ1) is 15.3. The topological polar surface area (TPSA) is 15.3 Å². The molecule has 20 heavy (non-hydrogen) atoms. The van der Waals surface area contributed by atoms with Gasteiger partial charge in [-0.25, -0.2) is 0 Å². The number of nitrogens with zero attached hydrogens (tertiary/aromatic N) is 1. The summed E-state index contributed by atoms with van der Waals surface area (Å²) in [6.07, 6.45) is -2.02. The van der Waals surface area contributed by atoms with E-state index < -0.39 is 11.7 Å². The largest absolute Gasteiger partial charge is 0.416 e. The summed E-state index contributed by atoms with van der Waals surface area (Å²) in [6.45, 7) is 5.45. The molecule has 1 aliphatic rings. The van der Waals surface area contributed by atoms with E-state index in [2.05, 4.69) is 17.1 Å². The monoisotopic (exact) mass is 286 g/mol. The van der Waals surface area contributed by atoms with Gasteiger partial charge in [0.2, 0.25) is 0 Å². The number of alkyl halides is 3. The lowest BCUT2D eigenvalue weighted by molar-refractivity contribution is -0.137. The Balaban J connectivity index is 2.07. The predicted molar refractivity (Wildman–Crippen MR) is 73.4 cm³/mol. The number of rotatable bonds is 4. The lowest BCUT2D eigenvalue weighted by Crippen LogP contribution is -2.45. The van der Waals surface area contributed by atoms with E-state index >= 15 is 0 Å². The zero-order valence-electron chi connectivity index (χ0n) is 11.7. The molecule has 2 nitrogen and oxygen atoms in total. The molecule has 1 N–H and O–H groups in total. The van der Waals surface area contributed by atoms with E-state index in [1.54, 1.807) is 6.07 Å². The standard InChI is InChI=1S/C15H21F3N2/c1-2-20(14-7-4-8-19-10-14)11-12-5-3-6-13(9-12)15(16,17)18/h3,5-6,9,14,19H,2,4,7-8,10-11H2,1H3. The Kier molecular flexibility index (Phi) is 5.05. The van der Waals surface area contributed by atoms with Crippen molar-refractivity contribution >= 4 is 0 Å². The van der Waals surface area contributed by atoms with Gasteiger partial charge < -0.3 is 5.32 Å². The van der Waals surface area contributed by atoms with Gasteiger partial charge in [0.15, 0.2) is 0 Å². The Morgan fingerprint density at radius 2 is 2.15 bits per heavy atom. The molecule has 1 heterocycles. The highest BCUT2D eigenvalue weighted by Gasteiger charge is 2.30. The van der Waals surface area contributed by atoms with Crippen molar-refractivity contribution in [3.8, 4) is 0 Å². The van der Waals surface area contributed by atoms with Crippen LogP contribution in [-0.2, 0) is 12.7 Å². The molecule has 1 fully saturated rings. The fourth-order valence-corrected chi connectivity index (χ4v) is 2.72. The minimum atomic E-state index is -4.26. The van der Waals surface area contributed by atoms with Gasteiger partial charge in [0, 0.05) is 19.1 Å². The van der Waals surface area contributed by atoms with Gasteiger partial charge in [0.05, 0.1) is 5.56 Å². The Morgan fingerprint density at radius 3 is 2.75 bits per heavy atom. The summed E-state index contributed by atoms with van der Waals surface area (Å²) in [5.74, 6) is 0. The molecule has 0 radical (unpaired) electrons. The van der Waals surface area contributed by atoms with Crippen LogP contribution < -0.4 is 5.32 Å². The number of benzene rings is 1. The highest BCUT2D eigenvalue weighted by atomic mass is 19.4. The molecular formula is C15H21F3N2. The first-order valence-electron chi connectivity index (χ1n) is 7.11.